The Labute approximate surface area is 348 Å². The van der Waals surface area contributed by atoms with Crippen molar-refractivity contribution in [3.8, 4) is 44.5 Å². The number of ether oxygens (including phenoxy) is 2. The Morgan fingerprint density at radius 3 is 1.22 bits per heavy atom. The lowest BCUT2D eigenvalue weighted by Crippen LogP contribution is -2.27. The average Bonchev–Trinajstić information content (AvgIpc) is 4.14. The van der Waals surface area contributed by atoms with Crippen LogP contribution in [-0.2, 0) is 9.47 Å². The molecule has 2 aliphatic heterocycles. The van der Waals surface area contributed by atoms with Gasteiger partial charge < -0.3 is 30.5 Å². The van der Waals surface area contributed by atoms with Gasteiger partial charge in [-0.3, -0.25) is 4.79 Å². The van der Waals surface area contributed by atoms with E-state index < -0.39 is 0 Å². The first kappa shape index (κ1) is 38.4. The van der Waals surface area contributed by atoms with E-state index in [-0.39, 0.29) is 5.91 Å². The zero-order valence-electron chi connectivity index (χ0n) is 33.0. The van der Waals surface area contributed by atoms with Crippen molar-refractivity contribution < 1.29 is 14.3 Å². The van der Waals surface area contributed by atoms with E-state index in [0.717, 1.165) is 89.4 Å². The normalized spacial score (nSPS) is 11.9. The Balaban J connectivity index is 1.23. The number of carbonyl (C=O) groups excluding carboxylic acids is 1. The fourth-order valence-corrected chi connectivity index (χ4v) is 7.77. The van der Waals surface area contributed by atoms with Gasteiger partial charge in [0.25, 0.3) is 5.91 Å². The molecule has 0 saturated carbocycles. The van der Waals surface area contributed by atoms with Gasteiger partial charge in [0.2, 0.25) is 0 Å². The molecule has 0 unspecified atom stereocenters. The molecular formula is C51H44N6O3. The molecule has 4 aromatic carbocycles. The number of rotatable bonds is 13. The van der Waals surface area contributed by atoms with Gasteiger partial charge in [-0.1, -0.05) is 103 Å². The SMILES string of the molecule is NCCOCCOCCNC(=O)c1ccc(-c2c3nc(c(-c4ccccc4)c4ccc([nH]4)c(-c4ccccc4)c4nc(c(-c5ccccc5)c5ccc2[nH]5)C=C4)C=C3)cc1. The number of H-pyrrole nitrogens is 2. The van der Waals surface area contributed by atoms with Gasteiger partial charge in [-0.2, -0.15) is 0 Å². The number of nitrogens with two attached hydrogens (primary N) is 1. The summed E-state index contributed by atoms with van der Waals surface area (Å²) in [6, 6.07) is 47.3. The second-order valence-electron chi connectivity index (χ2n) is 14.4. The minimum absolute atomic E-state index is 0.174. The highest BCUT2D eigenvalue weighted by atomic mass is 16.5. The van der Waals surface area contributed by atoms with Crippen molar-refractivity contribution in [2.75, 3.05) is 39.5 Å². The Morgan fingerprint density at radius 2 is 0.833 bits per heavy atom. The molecule has 7 aromatic rings. The summed E-state index contributed by atoms with van der Waals surface area (Å²) in [7, 11) is 0. The molecule has 0 atom stereocenters. The summed E-state index contributed by atoms with van der Waals surface area (Å²) >= 11 is 0. The number of hydrogen-bond donors (Lipinski definition) is 4. The summed E-state index contributed by atoms with van der Waals surface area (Å²) in [6.45, 7) is 2.66. The number of carbonyl (C=O) groups is 1. The van der Waals surface area contributed by atoms with Crippen molar-refractivity contribution in [2.45, 2.75) is 0 Å². The molecule has 9 rings (SSSR count). The predicted molar refractivity (Wildman–Crippen MR) is 244 cm³/mol. The van der Waals surface area contributed by atoms with E-state index in [4.69, 9.17) is 25.2 Å². The lowest BCUT2D eigenvalue weighted by molar-refractivity contribution is 0.0511. The van der Waals surface area contributed by atoms with E-state index in [1.807, 2.05) is 42.5 Å². The van der Waals surface area contributed by atoms with Crippen LogP contribution < -0.4 is 11.1 Å². The quantitative estimate of drug-likeness (QED) is 0.0861. The van der Waals surface area contributed by atoms with Crippen molar-refractivity contribution in [3.05, 3.63) is 168 Å². The number of nitrogens with one attached hydrogen (secondary N) is 3. The molecule has 0 spiro atoms. The van der Waals surface area contributed by atoms with Crippen LogP contribution in [0.4, 0.5) is 0 Å². The minimum atomic E-state index is -0.174. The number of fused-ring (bicyclic) bond motifs is 8. The van der Waals surface area contributed by atoms with Crippen LogP contribution in [-0.4, -0.2) is 65.4 Å². The highest BCUT2D eigenvalue weighted by molar-refractivity contribution is 6.00. The van der Waals surface area contributed by atoms with Crippen LogP contribution in [0.15, 0.2) is 140 Å². The van der Waals surface area contributed by atoms with Crippen LogP contribution in [0, 0.1) is 0 Å². The second kappa shape index (κ2) is 17.8. The van der Waals surface area contributed by atoms with Gasteiger partial charge in [-0.05, 0) is 83.0 Å². The van der Waals surface area contributed by atoms with Crippen LogP contribution in [0.1, 0.15) is 33.1 Å². The van der Waals surface area contributed by atoms with Gasteiger partial charge in [0, 0.05) is 63.0 Å². The molecular weight excluding hydrogens is 745 g/mol. The lowest BCUT2D eigenvalue weighted by Gasteiger charge is -2.09. The smallest absolute Gasteiger partial charge is 0.251 e. The second-order valence-corrected chi connectivity index (χ2v) is 14.4. The van der Waals surface area contributed by atoms with E-state index in [0.29, 0.717) is 45.1 Å². The van der Waals surface area contributed by atoms with Crippen LogP contribution in [0.25, 0.3) is 90.9 Å². The summed E-state index contributed by atoms with van der Waals surface area (Å²) in [5, 5.41) is 2.96. The number of aromatic amines is 2. The highest BCUT2D eigenvalue weighted by Crippen LogP contribution is 2.38. The molecule has 5 N–H and O–H groups in total. The van der Waals surface area contributed by atoms with Gasteiger partial charge in [-0.25, -0.2) is 9.97 Å². The number of hydrogen-bond acceptors (Lipinski definition) is 6. The van der Waals surface area contributed by atoms with Crippen LogP contribution in [0.3, 0.4) is 0 Å². The molecule has 5 heterocycles. The Morgan fingerprint density at radius 1 is 0.467 bits per heavy atom. The molecule has 1 amide bonds. The molecule has 2 aliphatic rings. The van der Waals surface area contributed by atoms with Gasteiger partial charge >= 0.3 is 0 Å². The molecule has 9 heteroatoms. The average molecular weight is 789 g/mol. The van der Waals surface area contributed by atoms with Crippen molar-refractivity contribution >= 4 is 52.3 Å². The van der Waals surface area contributed by atoms with Gasteiger partial charge in [0.15, 0.2) is 0 Å². The third-order valence-electron chi connectivity index (χ3n) is 10.5. The standard InChI is InChI=1S/C51H44N6O3/c52-28-30-59-32-33-60-31-29-53-51(58)38-18-16-37(17-19-38)50-45-26-24-43(56-45)48(35-12-6-2-7-13-35)41-22-20-39(54-41)47(34-10-4-1-5-11-34)40-21-23-42(55-40)49(36-14-8-3-9-15-36)44-25-27-46(50)57-44/h1-27,54,57H,28-33,52H2,(H,53,58). The molecule has 296 valence electrons. The van der Waals surface area contributed by atoms with Crippen molar-refractivity contribution in [3.63, 3.8) is 0 Å². The zero-order valence-corrected chi connectivity index (χ0v) is 33.0. The molecule has 0 radical (unpaired) electrons. The fourth-order valence-electron chi connectivity index (χ4n) is 7.77. The number of benzene rings is 4. The van der Waals surface area contributed by atoms with Gasteiger partial charge in [0.1, 0.15) is 0 Å². The predicted octanol–water partition coefficient (Wildman–Crippen LogP) is 10.0. The van der Waals surface area contributed by atoms with Crippen LogP contribution in [0.2, 0.25) is 0 Å². The lowest BCUT2D eigenvalue weighted by atomic mass is 10.0. The monoisotopic (exact) mass is 788 g/mol. The third-order valence-corrected chi connectivity index (χ3v) is 10.5. The first-order chi connectivity index (χ1) is 29.6. The first-order valence-corrected chi connectivity index (χ1v) is 20.2. The van der Waals surface area contributed by atoms with Crippen LogP contribution in [0.5, 0.6) is 0 Å². The summed E-state index contributed by atoms with van der Waals surface area (Å²) in [5.41, 5.74) is 21.0. The highest BCUT2D eigenvalue weighted by Gasteiger charge is 2.19. The first-order valence-electron chi connectivity index (χ1n) is 20.2. The molecule has 0 saturated heterocycles. The van der Waals surface area contributed by atoms with Crippen molar-refractivity contribution in [1.29, 1.82) is 0 Å². The molecule has 9 nitrogen and oxygen atoms in total. The van der Waals surface area contributed by atoms with Gasteiger partial charge in [-0.15, -0.1) is 0 Å². The van der Waals surface area contributed by atoms with Crippen LogP contribution >= 0.6 is 0 Å². The van der Waals surface area contributed by atoms with E-state index in [1.165, 1.54) is 0 Å². The van der Waals surface area contributed by atoms with E-state index in [2.05, 4.69) is 137 Å². The largest absolute Gasteiger partial charge is 0.378 e. The van der Waals surface area contributed by atoms with Crippen molar-refractivity contribution in [2.24, 2.45) is 5.73 Å². The zero-order chi connectivity index (χ0) is 40.7. The Kier molecular flexibility index (Phi) is 11.4. The maximum absolute atomic E-state index is 13.2. The summed E-state index contributed by atoms with van der Waals surface area (Å²) in [6.07, 6.45) is 8.37. The number of nitrogens with zero attached hydrogens (tertiary/aromatic N) is 2. The Hall–Kier alpha value is -7.17. The third kappa shape index (κ3) is 8.10. The van der Waals surface area contributed by atoms with E-state index in [9.17, 15) is 4.79 Å². The molecule has 0 aliphatic carbocycles. The topological polar surface area (TPSA) is 131 Å². The van der Waals surface area contributed by atoms with E-state index in [1.54, 1.807) is 0 Å². The molecule has 3 aromatic heterocycles. The molecule has 60 heavy (non-hydrogen) atoms. The molecule has 8 bridgehead atoms. The summed E-state index contributed by atoms with van der Waals surface area (Å²) < 4.78 is 10.9. The number of amides is 1. The molecule has 0 fully saturated rings. The van der Waals surface area contributed by atoms with Gasteiger partial charge in [0.05, 0.1) is 49.2 Å². The summed E-state index contributed by atoms with van der Waals surface area (Å²) in [5.74, 6) is -0.174. The fraction of sp³-hybridized carbons (Fsp3) is 0.118. The maximum Gasteiger partial charge on any atom is 0.251 e. The minimum Gasteiger partial charge on any atom is -0.378 e. The number of aromatic nitrogens is 4. The summed E-state index contributed by atoms with van der Waals surface area (Å²) in [4.78, 5) is 31.5. The maximum atomic E-state index is 13.2. The van der Waals surface area contributed by atoms with E-state index >= 15 is 0 Å². The van der Waals surface area contributed by atoms with Crippen molar-refractivity contribution in [1.82, 2.24) is 25.3 Å². The Bertz CT molecular complexity index is 2830.